The van der Waals surface area contributed by atoms with Gasteiger partial charge in [0.15, 0.2) is 0 Å². The highest BCUT2D eigenvalue weighted by Crippen LogP contribution is 2.10. The zero-order valence-electron chi connectivity index (χ0n) is 11.9. The molecule has 0 radical (unpaired) electrons. The van der Waals surface area contributed by atoms with Gasteiger partial charge in [0.1, 0.15) is 6.00 Å². The van der Waals surface area contributed by atoms with E-state index < -0.39 is 25.1 Å². The Kier molecular flexibility index (Phi) is 5.35. The van der Waals surface area contributed by atoms with E-state index in [0.717, 1.165) is 5.56 Å². The third kappa shape index (κ3) is 4.88. The molecule has 1 atom stereocenters. The van der Waals surface area contributed by atoms with Crippen LogP contribution in [0.3, 0.4) is 0 Å². The van der Waals surface area contributed by atoms with Gasteiger partial charge < -0.3 is 14.4 Å². The van der Waals surface area contributed by atoms with Gasteiger partial charge in [-0.25, -0.2) is 0 Å². The van der Waals surface area contributed by atoms with Gasteiger partial charge in [0, 0.05) is 0 Å². The van der Waals surface area contributed by atoms with Crippen LogP contribution < -0.4 is 0 Å². The Balaban J connectivity index is 1.91. The predicted molar refractivity (Wildman–Crippen MR) is 76.2 cm³/mol. The van der Waals surface area contributed by atoms with Crippen molar-refractivity contribution in [1.82, 2.24) is 4.90 Å². The number of aliphatic hydroxyl groups is 1. The van der Waals surface area contributed by atoms with E-state index >= 15 is 0 Å². The maximum absolute atomic E-state index is 11.6. The van der Waals surface area contributed by atoms with Crippen LogP contribution in [0.5, 0.6) is 0 Å². The highest BCUT2D eigenvalue weighted by Gasteiger charge is 2.38. The highest BCUT2D eigenvalue weighted by atomic mass is 16.6. The summed E-state index contributed by atoms with van der Waals surface area (Å²) >= 11 is 0. The lowest BCUT2D eigenvalue weighted by Gasteiger charge is -2.24. The van der Waals surface area contributed by atoms with Gasteiger partial charge in [-0.2, -0.15) is 0 Å². The monoisotopic (exact) mass is 291 g/mol. The van der Waals surface area contributed by atoms with Gasteiger partial charge in [0.2, 0.25) is 0 Å². The van der Waals surface area contributed by atoms with Crippen molar-refractivity contribution in [3.63, 3.8) is 0 Å². The summed E-state index contributed by atoms with van der Waals surface area (Å²) in [4.78, 5) is 24.6. The molecule has 0 spiro atoms. The second-order valence-electron chi connectivity index (χ2n) is 5.11. The van der Waals surface area contributed by atoms with Gasteiger partial charge in [-0.1, -0.05) is 30.3 Å². The van der Waals surface area contributed by atoms with Crippen molar-refractivity contribution in [3.8, 4) is 0 Å². The molecule has 1 aromatic rings. The first-order chi connectivity index (χ1) is 10.0. The average Bonchev–Trinajstić information content (AvgIpc) is 2.43. The zero-order valence-corrected chi connectivity index (χ0v) is 11.9. The maximum Gasteiger partial charge on any atom is 0.629 e. The number of nitrogens with zero attached hydrogens (tertiary/aromatic N) is 1. The lowest BCUT2D eigenvalue weighted by atomic mass is 9.77. The Morgan fingerprint density at radius 3 is 2.33 bits per heavy atom. The molecule has 2 rings (SSSR count). The van der Waals surface area contributed by atoms with Gasteiger partial charge in [-0.3, -0.25) is 14.5 Å². The van der Waals surface area contributed by atoms with Crippen molar-refractivity contribution in [2.75, 3.05) is 20.1 Å². The number of benzene rings is 1. The number of hydrogen-bond donors (Lipinski definition) is 1. The second-order valence-corrected chi connectivity index (χ2v) is 5.11. The van der Waals surface area contributed by atoms with Crippen molar-refractivity contribution in [2.45, 2.75) is 18.8 Å². The summed E-state index contributed by atoms with van der Waals surface area (Å²) < 4.78 is 10.0. The minimum absolute atomic E-state index is 0.00297. The van der Waals surface area contributed by atoms with Gasteiger partial charge in [0.25, 0.3) is 0 Å². The Hall–Kier alpha value is -1.86. The highest BCUT2D eigenvalue weighted by molar-refractivity contribution is 6.50. The van der Waals surface area contributed by atoms with Crippen LogP contribution in [0.4, 0.5) is 0 Å². The molecule has 1 N–H and O–H groups in total. The van der Waals surface area contributed by atoms with E-state index in [1.165, 1.54) is 4.90 Å². The second kappa shape index (κ2) is 7.24. The molecular weight excluding hydrogens is 273 g/mol. The number of aliphatic hydroxyl groups excluding tert-OH is 1. The van der Waals surface area contributed by atoms with Crippen LogP contribution in [-0.2, 0) is 25.3 Å². The molecule has 1 heterocycles. The molecule has 1 fully saturated rings. The van der Waals surface area contributed by atoms with Crippen molar-refractivity contribution in [3.05, 3.63) is 35.9 Å². The topological polar surface area (TPSA) is 76.1 Å². The quantitative estimate of drug-likeness (QED) is 0.789. The Morgan fingerprint density at radius 2 is 1.76 bits per heavy atom. The van der Waals surface area contributed by atoms with E-state index in [4.69, 9.17) is 9.31 Å². The van der Waals surface area contributed by atoms with E-state index in [9.17, 15) is 14.7 Å². The molecule has 0 aliphatic carbocycles. The summed E-state index contributed by atoms with van der Waals surface area (Å²) in [6, 6.07) is 8.58. The van der Waals surface area contributed by atoms with E-state index in [-0.39, 0.29) is 13.1 Å². The van der Waals surface area contributed by atoms with Gasteiger partial charge >= 0.3 is 19.1 Å². The molecule has 1 aliphatic rings. The molecule has 0 bridgehead atoms. The fourth-order valence-corrected chi connectivity index (χ4v) is 2.11. The Morgan fingerprint density at radius 1 is 1.19 bits per heavy atom. The molecule has 1 unspecified atom stereocenters. The van der Waals surface area contributed by atoms with Gasteiger partial charge in [-0.15, -0.1) is 0 Å². The lowest BCUT2D eigenvalue weighted by Crippen LogP contribution is -2.48. The minimum atomic E-state index is -1.23. The summed E-state index contributed by atoms with van der Waals surface area (Å²) in [7, 11) is 0.386. The van der Waals surface area contributed by atoms with Crippen molar-refractivity contribution in [1.29, 1.82) is 0 Å². The van der Waals surface area contributed by atoms with Gasteiger partial charge in [-0.05, 0) is 25.5 Å². The van der Waals surface area contributed by atoms with Crippen molar-refractivity contribution in [2.24, 2.45) is 0 Å². The summed E-state index contributed by atoms with van der Waals surface area (Å²) in [6.45, 7) is -0.00594. The fourth-order valence-electron chi connectivity index (χ4n) is 2.11. The van der Waals surface area contributed by atoms with Crippen molar-refractivity contribution < 1.29 is 24.0 Å². The molecule has 1 aromatic carbocycles. The summed E-state index contributed by atoms with van der Waals surface area (Å²) in [5, 5.41) is 10.1. The van der Waals surface area contributed by atoms with Crippen LogP contribution >= 0.6 is 0 Å². The minimum Gasteiger partial charge on any atom is -0.497 e. The summed E-state index contributed by atoms with van der Waals surface area (Å²) in [6.07, 6.45) is 0.943. The molecule has 0 amide bonds. The SMILES string of the molecule is CN1CC(=O)OB(C(O)CCc2ccccc2)OC(=O)C1. The zero-order chi connectivity index (χ0) is 15.2. The predicted octanol–water partition coefficient (Wildman–Crippen LogP) is 0.0393. The number of hydrogen-bond acceptors (Lipinski definition) is 6. The third-order valence-electron chi connectivity index (χ3n) is 3.18. The molecule has 0 saturated carbocycles. The number of carbonyl (C=O) groups excluding carboxylic acids is 2. The van der Waals surface area contributed by atoms with Crippen molar-refractivity contribution >= 4 is 19.1 Å². The molecule has 6 nitrogen and oxygen atoms in total. The average molecular weight is 291 g/mol. The van der Waals surface area contributed by atoms with Crippen LogP contribution in [0.2, 0.25) is 0 Å². The van der Waals surface area contributed by atoms with E-state index in [0.29, 0.717) is 12.8 Å². The number of rotatable bonds is 4. The number of aryl methyl sites for hydroxylation is 1. The van der Waals surface area contributed by atoms with E-state index in [1.54, 1.807) is 7.05 Å². The molecule has 112 valence electrons. The van der Waals surface area contributed by atoms with Crippen LogP contribution in [0.15, 0.2) is 30.3 Å². The summed E-state index contributed by atoms with van der Waals surface area (Å²) in [5.74, 6) is -1.04. The first-order valence-corrected chi connectivity index (χ1v) is 6.84. The van der Waals surface area contributed by atoms with Gasteiger partial charge in [0.05, 0.1) is 13.1 Å². The molecule has 1 saturated heterocycles. The largest absolute Gasteiger partial charge is 0.629 e. The van der Waals surface area contributed by atoms with Crippen LogP contribution in [0.1, 0.15) is 12.0 Å². The summed E-state index contributed by atoms with van der Waals surface area (Å²) in [5.41, 5.74) is 1.06. The lowest BCUT2D eigenvalue weighted by molar-refractivity contribution is -0.146. The Bertz CT molecular complexity index is 475. The number of carbonyl (C=O) groups is 2. The Labute approximate surface area is 123 Å². The molecule has 1 aliphatic heterocycles. The van der Waals surface area contributed by atoms with Crippen LogP contribution in [0.25, 0.3) is 0 Å². The normalized spacial score (nSPS) is 18.5. The maximum atomic E-state index is 11.6. The first kappa shape index (κ1) is 15.5. The molecule has 7 heteroatoms. The third-order valence-corrected chi connectivity index (χ3v) is 3.18. The standard InChI is InChI=1S/C14H18BNO5/c1-16-9-13(18)20-15(21-14(19)10-16)12(17)8-7-11-5-3-2-4-6-11/h2-6,12,17H,7-10H2,1H3. The molecule has 0 aromatic heterocycles. The van der Waals surface area contributed by atoms with Crippen LogP contribution in [0, 0.1) is 0 Å². The fraction of sp³-hybridized carbons (Fsp3) is 0.429. The smallest absolute Gasteiger partial charge is 0.497 e. The van der Waals surface area contributed by atoms with E-state index in [2.05, 4.69) is 0 Å². The van der Waals surface area contributed by atoms with E-state index in [1.807, 2.05) is 30.3 Å². The number of likely N-dealkylation sites (N-methyl/N-ethyl adjacent to an activating group) is 1. The molecule has 21 heavy (non-hydrogen) atoms. The molecular formula is C14H18BNO5. The first-order valence-electron chi connectivity index (χ1n) is 6.84. The van der Waals surface area contributed by atoms with Crippen LogP contribution in [-0.4, -0.2) is 55.2 Å².